The van der Waals surface area contributed by atoms with E-state index in [0.717, 1.165) is 11.3 Å². The minimum absolute atomic E-state index is 0.149. The highest BCUT2D eigenvalue weighted by molar-refractivity contribution is 6.01. The number of amides is 1. The van der Waals surface area contributed by atoms with Crippen molar-refractivity contribution >= 4 is 11.8 Å². The molecule has 1 aromatic carbocycles. The Morgan fingerprint density at radius 3 is 2.73 bits per heavy atom. The number of oxime groups is 1. The topological polar surface area (TPSA) is 59.9 Å². The first kappa shape index (κ1) is 16.3. The van der Waals surface area contributed by atoms with Crippen molar-refractivity contribution < 1.29 is 14.4 Å². The van der Waals surface area contributed by atoms with E-state index in [1.54, 1.807) is 0 Å². The summed E-state index contributed by atoms with van der Waals surface area (Å²) in [6, 6.07) is 6.24. The van der Waals surface area contributed by atoms with Crippen LogP contribution in [0.5, 0.6) is 0 Å². The summed E-state index contributed by atoms with van der Waals surface area (Å²) >= 11 is 0. The van der Waals surface area contributed by atoms with Gasteiger partial charge in [-0.05, 0) is 57.4 Å². The molecule has 0 aliphatic carbocycles. The molecule has 1 atom stereocenters. The molecule has 5 heteroatoms. The number of aryl methyl sites for hydroxylation is 2. The maximum atomic E-state index is 11.6. The second-order valence-corrected chi connectivity index (χ2v) is 6.65. The van der Waals surface area contributed by atoms with Crippen molar-refractivity contribution in [3.05, 3.63) is 34.9 Å². The minimum Gasteiger partial charge on any atom is -0.444 e. The van der Waals surface area contributed by atoms with E-state index in [-0.39, 0.29) is 6.10 Å². The number of hydrogen-bond acceptors (Lipinski definition) is 4. The van der Waals surface area contributed by atoms with E-state index in [1.807, 2.05) is 26.8 Å². The van der Waals surface area contributed by atoms with Crippen molar-refractivity contribution in [1.29, 1.82) is 0 Å². The van der Waals surface area contributed by atoms with E-state index >= 15 is 0 Å². The van der Waals surface area contributed by atoms with Crippen molar-refractivity contribution in [2.75, 3.05) is 6.54 Å². The van der Waals surface area contributed by atoms with E-state index < -0.39 is 11.7 Å². The summed E-state index contributed by atoms with van der Waals surface area (Å²) < 4.78 is 5.19. The Bertz CT molecular complexity index is 588. The number of carbonyl (C=O) groups is 1. The molecule has 22 heavy (non-hydrogen) atoms. The fourth-order valence-corrected chi connectivity index (χ4v) is 2.14. The van der Waals surface area contributed by atoms with E-state index in [0.29, 0.717) is 13.0 Å². The average Bonchev–Trinajstić information content (AvgIpc) is 2.86. The highest BCUT2D eigenvalue weighted by Gasteiger charge is 2.24. The van der Waals surface area contributed by atoms with E-state index in [4.69, 9.17) is 9.57 Å². The lowest BCUT2D eigenvalue weighted by Crippen LogP contribution is -2.37. The first-order valence-electron chi connectivity index (χ1n) is 7.52. The molecule has 2 rings (SSSR count). The van der Waals surface area contributed by atoms with Crippen LogP contribution in [-0.2, 0) is 9.57 Å². The third-order valence-corrected chi connectivity index (χ3v) is 3.45. The lowest BCUT2D eigenvalue weighted by molar-refractivity contribution is 0.0439. The van der Waals surface area contributed by atoms with Gasteiger partial charge in [0, 0.05) is 6.42 Å². The number of nitrogens with one attached hydrogen (secondary N) is 1. The molecule has 1 N–H and O–H groups in total. The molecule has 0 fully saturated rings. The Balaban J connectivity index is 1.84. The average molecular weight is 304 g/mol. The van der Waals surface area contributed by atoms with Gasteiger partial charge in [-0.25, -0.2) is 4.79 Å². The van der Waals surface area contributed by atoms with Gasteiger partial charge < -0.3 is 14.9 Å². The second-order valence-electron chi connectivity index (χ2n) is 6.65. The molecule has 120 valence electrons. The monoisotopic (exact) mass is 304 g/mol. The van der Waals surface area contributed by atoms with Crippen LogP contribution in [0.1, 0.15) is 43.9 Å². The van der Waals surface area contributed by atoms with Gasteiger partial charge in [-0.15, -0.1) is 0 Å². The predicted molar refractivity (Wildman–Crippen MR) is 86.2 cm³/mol. The number of hydrogen-bond donors (Lipinski definition) is 1. The van der Waals surface area contributed by atoms with Crippen LogP contribution in [0.4, 0.5) is 4.79 Å². The van der Waals surface area contributed by atoms with Gasteiger partial charge in [-0.2, -0.15) is 0 Å². The number of benzene rings is 1. The summed E-state index contributed by atoms with van der Waals surface area (Å²) in [5, 5.41) is 6.85. The van der Waals surface area contributed by atoms with Gasteiger partial charge in [0.05, 0.1) is 12.3 Å². The molecule has 0 radical (unpaired) electrons. The summed E-state index contributed by atoms with van der Waals surface area (Å²) in [6.45, 7) is 10.0. The van der Waals surface area contributed by atoms with Gasteiger partial charge in [-0.3, -0.25) is 0 Å². The van der Waals surface area contributed by atoms with Crippen LogP contribution in [0, 0.1) is 13.8 Å². The Morgan fingerprint density at radius 1 is 1.36 bits per heavy atom. The molecule has 1 heterocycles. The highest BCUT2D eigenvalue weighted by atomic mass is 16.6. The van der Waals surface area contributed by atoms with Gasteiger partial charge >= 0.3 is 6.09 Å². The van der Waals surface area contributed by atoms with Crippen LogP contribution < -0.4 is 5.32 Å². The van der Waals surface area contributed by atoms with Crippen LogP contribution in [0.2, 0.25) is 0 Å². The van der Waals surface area contributed by atoms with Gasteiger partial charge in [0.2, 0.25) is 0 Å². The molecule has 0 bridgehead atoms. The Hall–Kier alpha value is -2.04. The lowest BCUT2D eigenvalue weighted by Gasteiger charge is -2.20. The molecular formula is C17H24N2O3. The summed E-state index contributed by atoms with van der Waals surface area (Å²) in [5.41, 5.74) is 3.98. The number of ether oxygens (including phenoxy) is 1. The normalized spacial score (nSPS) is 17.7. The third kappa shape index (κ3) is 4.48. The zero-order chi connectivity index (χ0) is 16.3. The molecule has 1 aliphatic heterocycles. The Morgan fingerprint density at radius 2 is 2.09 bits per heavy atom. The van der Waals surface area contributed by atoms with E-state index in [9.17, 15) is 4.79 Å². The summed E-state index contributed by atoms with van der Waals surface area (Å²) in [7, 11) is 0. The molecular weight excluding hydrogens is 280 g/mol. The van der Waals surface area contributed by atoms with Crippen LogP contribution in [0.25, 0.3) is 0 Å². The molecule has 1 aliphatic rings. The maximum Gasteiger partial charge on any atom is 0.407 e. The molecule has 0 saturated carbocycles. The number of alkyl carbamates (subject to hydrolysis) is 1. The van der Waals surface area contributed by atoms with Crippen LogP contribution >= 0.6 is 0 Å². The summed E-state index contributed by atoms with van der Waals surface area (Å²) in [6.07, 6.45) is 0.0954. The molecule has 0 saturated heterocycles. The number of carbonyl (C=O) groups excluding carboxylic acids is 1. The standard InChI is InChI=1S/C17H24N2O3/c1-11-6-7-13(8-12(11)2)15-9-14(22-19-15)10-18-16(20)21-17(3,4)5/h6-8,14H,9-10H2,1-5H3,(H,18,20)/t14-/m0/s1. The van der Waals surface area contributed by atoms with Gasteiger partial charge in [0.15, 0.2) is 6.10 Å². The lowest BCUT2D eigenvalue weighted by atomic mass is 10.0. The Kier molecular flexibility index (Phi) is 4.74. The fourth-order valence-electron chi connectivity index (χ4n) is 2.14. The van der Waals surface area contributed by atoms with E-state index in [2.05, 4.69) is 36.5 Å². The molecule has 5 nitrogen and oxygen atoms in total. The largest absolute Gasteiger partial charge is 0.444 e. The molecule has 0 unspecified atom stereocenters. The quantitative estimate of drug-likeness (QED) is 0.932. The maximum absolute atomic E-state index is 11.6. The first-order valence-corrected chi connectivity index (χ1v) is 7.52. The number of rotatable bonds is 3. The van der Waals surface area contributed by atoms with Gasteiger partial charge in [-0.1, -0.05) is 17.3 Å². The smallest absolute Gasteiger partial charge is 0.407 e. The molecule has 1 aromatic rings. The highest BCUT2D eigenvalue weighted by Crippen LogP contribution is 2.19. The fraction of sp³-hybridized carbons (Fsp3) is 0.529. The molecule has 0 spiro atoms. The van der Waals surface area contributed by atoms with Crippen molar-refractivity contribution in [2.24, 2.45) is 5.16 Å². The Labute approximate surface area is 131 Å². The van der Waals surface area contributed by atoms with Crippen molar-refractivity contribution in [2.45, 2.75) is 52.7 Å². The van der Waals surface area contributed by atoms with Crippen LogP contribution in [0.15, 0.2) is 23.4 Å². The van der Waals surface area contributed by atoms with Crippen molar-refractivity contribution in [1.82, 2.24) is 5.32 Å². The summed E-state index contributed by atoms with van der Waals surface area (Å²) in [5.74, 6) is 0. The van der Waals surface area contributed by atoms with Gasteiger partial charge in [0.1, 0.15) is 5.60 Å². The van der Waals surface area contributed by atoms with Crippen LogP contribution in [0.3, 0.4) is 0 Å². The minimum atomic E-state index is -0.498. The number of nitrogens with zero attached hydrogens (tertiary/aromatic N) is 1. The first-order chi connectivity index (χ1) is 10.2. The van der Waals surface area contributed by atoms with Crippen molar-refractivity contribution in [3.8, 4) is 0 Å². The third-order valence-electron chi connectivity index (χ3n) is 3.45. The SMILES string of the molecule is Cc1ccc(C2=NO[C@H](CNC(=O)OC(C)(C)C)C2)cc1C. The zero-order valence-corrected chi connectivity index (χ0v) is 13.9. The van der Waals surface area contributed by atoms with Crippen LogP contribution in [-0.4, -0.2) is 30.1 Å². The van der Waals surface area contributed by atoms with E-state index in [1.165, 1.54) is 11.1 Å². The summed E-state index contributed by atoms with van der Waals surface area (Å²) in [4.78, 5) is 17.0. The zero-order valence-electron chi connectivity index (χ0n) is 13.9. The second kappa shape index (κ2) is 6.38. The molecule has 1 amide bonds. The van der Waals surface area contributed by atoms with Crippen molar-refractivity contribution in [3.63, 3.8) is 0 Å². The predicted octanol–water partition coefficient (Wildman–Crippen LogP) is 3.32. The molecule has 0 aromatic heterocycles. The van der Waals surface area contributed by atoms with Gasteiger partial charge in [0.25, 0.3) is 0 Å².